The molecule has 0 aliphatic heterocycles. The minimum Gasteiger partial charge on any atom is -0.397 e. The molecule has 4 aromatic rings. The van der Waals surface area contributed by atoms with Gasteiger partial charge in [0.25, 0.3) is 0 Å². The van der Waals surface area contributed by atoms with Gasteiger partial charge in [-0.1, -0.05) is 18.2 Å². The Bertz CT molecular complexity index is 911. The van der Waals surface area contributed by atoms with Crippen molar-refractivity contribution in [2.24, 2.45) is 0 Å². The minimum atomic E-state index is 0.602. The van der Waals surface area contributed by atoms with E-state index in [1.807, 2.05) is 35.7 Å². The largest absolute Gasteiger partial charge is 0.397 e. The van der Waals surface area contributed by atoms with E-state index in [4.69, 9.17) is 5.73 Å². The summed E-state index contributed by atoms with van der Waals surface area (Å²) in [6, 6.07) is 9.94. The number of nitrogens with one attached hydrogen (secondary N) is 1. The van der Waals surface area contributed by atoms with E-state index in [1.165, 1.54) is 11.5 Å². The highest BCUT2D eigenvalue weighted by atomic mass is 32.1. The Balaban J connectivity index is 2.04. The van der Waals surface area contributed by atoms with Crippen molar-refractivity contribution in [2.45, 2.75) is 0 Å². The summed E-state index contributed by atoms with van der Waals surface area (Å²) < 4.78 is 4.39. The number of aromatic amines is 1. The number of para-hydroxylation sites is 1. The first-order chi connectivity index (χ1) is 10.3. The molecule has 3 N–H and O–H groups in total. The van der Waals surface area contributed by atoms with Crippen LogP contribution in [0.25, 0.3) is 33.4 Å². The van der Waals surface area contributed by atoms with Crippen LogP contribution >= 0.6 is 11.5 Å². The lowest BCUT2D eigenvalue weighted by atomic mass is 10.0. The van der Waals surface area contributed by atoms with E-state index in [0.29, 0.717) is 5.69 Å². The molecule has 0 unspecified atom stereocenters. The van der Waals surface area contributed by atoms with Crippen LogP contribution in [-0.2, 0) is 0 Å². The Labute approximate surface area is 124 Å². The van der Waals surface area contributed by atoms with Crippen molar-refractivity contribution in [1.82, 2.24) is 19.6 Å². The summed E-state index contributed by atoms with van der Waals surface area (Å²) >= 11 is 1.40. The molecule has 3 heterocycles. The van der Waals surface area contributed by atoms with Crippen molar-refractivity contribution in [3.63, 3.8) is 0 Å². The lowest BCUT2D eigenvalue weighted by molar-refractivity contribution is 1.12. The quantitative estimate of drug-likeness (QED) is 0.594. The van der Waals surface area contributed by atoms with Crippen LogP contribution in [0.15, 0.2) is 48.1 Å². The van der Waals surface area contributed by atoms with Gasteiger partial charge in [-0.3, -0.25) is 10.1 Å². The molecule has 0 fully saturated rings. The van der Waals surface area contributed by atoms with Crippen LogP contribution in [0.3, 0.4) is 0 Å². The number of nitrogens with zero attached hydrogens (tertiary/aromatic N) is 3. The molecule has 102 valence electrons. The number of benzene rings is 1. The highest BCUT2D eigenvalue weighted by molar-refractivity contribution is 7.03. The van der Waals surface area contributed by atoms with E-state index in [-0.39, 0.29) is 0 Å². The SMILES string of the molecule is Nc1cncc(-c2n[nH]c3ccccc23)c1-c1ccsn1. The molecule has 0 amide bonds. The maximum absolute atomic E-state index is 6.13. The summed E-state index contributed by atoms with van der Waals surface area (Å²) in [6.45, 7) is 0. The highest BCUT2D eigenvalue weighted by Crippen LogP contribution is 2.37. The highest BCUT2D eigenvalue weighted by Gasteiger charge is 2.17. The van der Waals surface area contributed by atoms with Gasteiger partial charge in [0.15, 0.2) is 0 Å². The van der Waals surface area contributed by atoms with Crippen molar-refractivity contribution >= 4 is 28.1 Å². The molecule has 4 rings (SSSR count). The van der Waals surface area contributed by atoms with E-state index < -0.39 is 0 Å². The van der Waals surface area contributed by atoms with Crippen LogP contribution in [0.1, 0.15) is 0 Å². The molecule has 0 saturated carbocycles. The summed E-state index contributed by atoms with van der Waals surface area (Å²) in [4.78, 5) is 4.21. The average Bonchev–Trinajstić information content (AvgIpc) is 3.16. The molecule has 6 heteroatoms. The Morgan fingerprint density at radius 3 is 2.86 bits per heavy atom. The topological polar surface area (TPSA) is 80.5 Å². The lowest BCUT2D eigenvalue weighted by Crippen LogP contribution is -1.95. The molecular weight excluding hydrogens is 282 g/mol. The van der Waals surface area contributed by atoms with Gasteiger partial charge in [-0.25, -0.2) is 0 Å². The van der Waals surface area contributed by atoms with Crippen LogP contribution in [0, 0.1) is 0 Å². The summed E-state index contributed by atoms with van der Waals surface area (Å²) in [5, 5.41) is 10.4. The number of hydrogen-bond donors (Lipinski definition) is 2. The Morgan fingerprint density at radius 2 is 2.00 bits per heavy atom. The third-order valence-electron chi connectivity index (χ3n) is 3.39. The molecule has 0 saturated heterocycles. The fraction of sp³-hybridized carbons (Fsp3) is 0. The van der Waals surface area contributed by atoms with Crippen molar-refractivity contribution < 1.29 is 0 Å². The number of nitrogen functional groups attached to an aromatic ring is 1. The van der Waals surface area contributed by atoms with Crippen molar-refractivity contribution in [2.75, 3.05) is 5.73 Å². The Kier molecular flexibility index (Phi) is 2.68. The van der Waals surface area contributed by atoms with Gasteiger partial charge in [0, 0.05) is 28.1 Å². The molecule has 0 aliphatic rings. The summed E-state index contributed by atoms with van der Waals surface area (Å²) in [7, 11) is 0. The van der Waals surface area contributed by atoms with E-state index in [0.717, 1.165) is 33.4 Å². The maximum Gasteiger partial charge on any atom is 0.102 e. The van der Waals surface area contributed by atoms with E-state index in [2.05, 4.69) is 19.6 Å². The Morgan fingerprint density at radius 1 is 1.10 bits per heavy atom. The molecule has 0 spiro atoms. The lowest BCUT2D eigenvalue weighted by Gasteiger charge is -2.08. The zero-order valence-corrected chi connectivity index (χ0v) is 11.8. The van der Waals surface area contributed by atoms with Crippen LogP contribution in [0.2, 0.25) is 0 Å². The first-order valence-electron chi connectivity index (χ1n) is 6.42. The summed E-state index contributed by atoms with van der Waals surface area (Å²) in [5.74, 6) is 0. The third-order valence-corrected chi connectivity index (χ3v) is 3.95. The number of pyridine rings is 1. The van der Waals surface area contributed by atoms with E-state index >= 15 is 0 Å². The molecule has 3 aromatic heterocycles. The van der Waals surface area contributed by atoms with Crippen LogP contribution in [0.5, 0.6) is 0 Å². The smallest absolute Gasteiger partial charge is 0.102 e. The predicted octanol–water partition coefficient (Wildman–Crippen LogP) is 3.33. The van der Waals surface area contributed by atoms with Gasteiger partial charge in [0.05, 0.1) is 23.1 Å². The van der Waals surface area contributed by atoms with Crippen molar-refractivity contribution in [1.29, 1.82) is 0 Å². The monoisotopic (exact) mass is 293 g/mol. The molecule has 0 aliphatic carbocycles. The molecule has 21 heavy (non-hydrogen) atoms. The normalized spacial score (nSPS) is 11.0. The fourth-order valence-corrected chi connectivity index (χ4v) is 2.97. The van der Waals surface area contributed by atoms with Gasteiger partial charge in [0.2, 0.25) is 0 Å². The number of rotatable bonds is 2. The molecule has 1 aromatic carbocycles. The Hall–Kier alpha value is -2.73. The maximum atomic E-state index is 6.13. The van der Waals surface area contributed by atoms with Crippen molar-refractivity contribution in [3.05, 3.63) is 48.1 Å². The number of hydrogen-bond acceptors (Lipinski definition) is 5. The van der Waals surface area contributed by atoms with Gasteiger partial charge >= 0.3 is 0 Å². The first kappa shape index (κ1) is 12.0. The molecular formula is C15H11N5S. The fourth-order valence-electron chi connectivity index (χ4n) is 2.45. The standard InChI is InChI=1S/C15H11N5S/c16-11-8-17-7-10(14(11)13-5-6-21-20-13)15-9-3-1-2-4-12(9)18-19-15/h1-8H,16H2,(H,18,19). The predicted molar refractivity (Wildman–Crippen MR) is 84.8 cm³/mol. The zero-order chi connectivity index (χ0) is 14.2. The molecule has 0 bridgehead atoms. The van der Waals surface area contributed by atoms with E-state index in [1.54, 1.807) is 12.4 Å². The summed E-state index contributed by atoms with van der Waals surface area (Å²) in [5.41, 5.74) is 11.2. The minimum absolute atomic E-state index is 0.602. The van der Waals surface area contributed by atoms with Crippen LogP contribution < -0.4 is 5.73 Å². The number of anilines is 1. The second kappa shape index (κ2) is 4.68. The first-order valence-corrected chi connectivity index (χ1v) is 7.26. The number of H-pyrrole nitrogens is 1. The van der Waals surface area contributed by atoms with Gasteiger partial charge in [-0.15, -0.1) is 0 Å². The van der Waals surface area contributed by atoms with Gasteiger partial charge in [0.1, 0.15) is 5.69 Å². The summed E-state index contributed by atoms with van der Waals surface area (Å²) in [6.07, 6.45) is 3.43. The molecule has 5 nitrogen and oxygen atoms in total. The van der Waals surface area contributed by atoms with Crippen LogP contribution in [0.4, 0.5) is 5.69 Å². The second-order valence-electron chi connectivity index (χ2n) is 4.65. The van der Waals surface area contributed by atoms with Gasteiger partial charge in [-0.2, -0.15) is 9.47 Å². The number of aromatic nitrogens is 4. The van der Waals surface area contributed by atoms with Gasteiger partial charge in [-0.05, 0) is 23.7 Å². The van der Waals surface area contributed by atoms with Crippen molar-refractivity contribution in [3.8, 4) is 22.5 Å². The number of nitrogens with two attached hydrogens (primary N) is 1. The second-order valence-corrected chi connectivity index (χ2v) is 5.32. The molecule has 0 radical (unpaired) electrons. The van der Waals surface area contributed by atoms with Gasteiger partial charge < -0.3 is 5.73 Å². The number of fused-ring (bicyclic) bond motifs is 1. The molecule has 0 atom stereocenters. The van der Waals surface area contributed by atoms with Crippen LogP contribution in [-0.4, -0.2) is 19.6 Å². The zero-order valence-electron chi connectivity index (χ0n) is 10.9. The third kappa shape index (κ3) is 1.88. The van der Waals surface area contributed by atoms with E-state index in [9.17, 15) is 0 Å². The average molecular weight is 293 g/mol.